The maximum absolute atomic E-state index is 10.8. The molecular formula is C11H13NO5. The first-order valence-electron chi connectivity index (χ1n) is 5.16. The van der Waals surface area contributed by atoms with Crippen molar-refractivity contribution in [3.63, 3.8) is 0 Å². The van der Waals surface area contributed by atoms with Gasteiger partial charge in [0.1, 0.15) is 0 Å². The Morgan fingerprint density at radius 3 is 2.76 bits per heavy atom. The lowest BCUT2D eigenvalue weighted by molar-refractivity contribution is -0.385. The number of nitrogens with zero attached hydrogens (tertiary/aromatic N) is 1. The predicted molar refractivity (Wildman–Crippen MR) is 60.2 cm³/mol. The molecule has 0 spiro atoms. The van der Waals surface area contributed by atoms with E-state index < -0.39 is 10.9 Å². The average molecular weight is 239 g/mol. The van der Waals surface area contributed by atoms with Gasteiger partial charge in [-0.15, -0.1) is 0 Å². The topological polar surface area (TPSA) is 89.7 Å². The van der Waals surface area contributed by atoms with E-state index in [0.717, 1.165) is 0 Å². The van der Waals surface area contributed by atoms with E-state index in [2.05, 4.69) is 0 Å². The van der Waals surface area contributed by atoms with Crippen LogP contribution in [0.1, 0.15) is 18.9 Å². The molecule has 0 aliphatic rings. The standard InChI is InChI=1S/C11H13NO5/c1-2-17-10-5-3-8(4-6-11(13)14)7-9(10)12(15)16/h3,5,7H,2,4,6H2,1H3,(H,13,14). The highest BCUT2D eigenvalue weighted by atomic mass is 16.6. The van der Waals surface area contributed by atoms with Gasteiger partial charge in [0.05, 0.1) is 11.5 Å². The molecule has 0 fully saturated rings. The van der Waals surface area contributed by atoms with Gasteiger partial charge >= 0.3 is 11.7 Å². The van der Waals surface area contributed by atoms with Crippen LogP contribution in [0, 0.1) is 10.1 Å². The molecule has 0 radical (unpaired) electrons. The number of nitro groups is 1. The molecule has 0 aliphatic carbocycles. The SMILES string of the molecule is CCOc1ccc(CCC(=O)O)cc1[N+](=O)[O-]. The van der Waals surface area contributed by atoms with Crippen LogP contribution in [0.3, 0.4) is 0 Å². The number of benzene rings is 1. The third kappa shape index (κ3) is 3.75. The van der Waals surface area contributed by atoms with Gasteiger partial charge in [0, 0.05) is 12.5 Å². The summed E-state index contributed by atoms with van der Waals surface area (Å²) >= 11 is 0. The Morgan fingerprint density at radius 1 is 1.53 bits per heavy atom. The molecule has 0 amide bonds. The van der Waals surface area contributed by atoms with E-state index in [1.54, 1.807) is 13.0 Å². The second-order valence-electron chi connectivity index (χ2n) is 3.39. The van der Waals surface area contributed by atoms with Crippen molar-refractivity contribution in [1.29, 1.82) is 0 Å². The molecule has 6 nitrogen and oxygen atoms in total. The summed E-state index contributed by atoms with van der Waals surface area (Å²) < 4.78 is 5.12. The second kappa shape index (κ2) is 5.83. The molecule has 0 aliphatic heterocycles. The van der Waals surface area contributed by atoms with Crippen molar-refractivity contribution in [1.82, 2.24) is 0 Å². The fourth-order valence-corrected chi connectivity index (χ4v) is 1.39. The number of rotatable bonds is 6. The van der Waals surface area contributed by atoms with Crippen molar-refractivity contribution in [2.75, 3.05) is 6.61 Å². The van der Waals surface area contributed by atoms with Gasteiger partial charge < -0.3 is 9.84 Å². The quantitative estimate of drug-likeness (QED) is 0.605. The first-order valence-corrected chi connectivity index (χ1v) is 5.16. The van der Waals surface area contributed by atoms with Crippen LogP contribution in [-0.4, -0.2) is 22.6 Å². The van der Waals surface area contributed by atoms with E-state index >= 15 is 0 Å². The first-order chi connectivity index (χ1) is 8.04. The molecule has 17 heavy (non-hydrogen) atoms. The van der Waals surface area contributed by atoms with Crippen molar-refractivity contribution in [2.45, 2.75) is 19.8 Å². The summed E-state index contributed by atoms with van der Waals surface area (Å²) in [6, 6.07) is 4.49. The molecule has 1 aromatic carbocycles. The lowest BCUT2D eigenvalue weighted by Gasteiger charge is -2.05. The minimum atomic E-state index is -0.929. The van der Waals surface area contributed by atoms with Crippen molar-refractivity contribution >= 4 is 11.7 Å². The lowest BCUT2D eigenvalue weighted by atomic mass is 10.1. The van der Waals surface area contributed by atoms with Crippen LogP contribution < -0.4 is 4.74 Å². The highest BCUT2D eigenvalue weighted by Crippen LogP contribution is 2.28. The summed E-state index contributed by atoms with van der Waals surface area (Å²) in [4.78, 5) is 20.7. The third-order valence-corrected chi connectivity index (χ3v) is 2.15. The summed E-state index contributed by atoms with van der Waals surface area (Å²) in [6.07, 6.45) is 0.216. The molecule has 1 N–H and O–H groups in total. The molecule has 0 atom stereocenters. The Balaban J connectivity index is 2.92. The van der Waals surface area contributed by atoms with Crippen molar-refractivity contribution in [3.05, 3.63) is 33.9 Å². The molecule has 0 heterocycles. The summed E-state index contributed by atoms with van der Waals surface area (Å²) in [6.45, 7) is 2.08. The van der Waals surface area contributed by atoms with Gasteiger partial charge in [-0.2, -0.15) is 0 Å². The van der Waals surface area contributed by atoms with Gasteiger partial charge in [0.2, 0.25) is 0 Å². The molecule has 0 unspecified atom stereocenters. The fraction of sp³-hybridized carbons (Fsp3) is 0.364. The highest BCUT2D eigenvalue weighted by molar-refractivity contribution is 5.67. The number of ether oxygens (including phenoxy) is 1. The van der Waals surface area contributed by atoms with Gasteiger partial charge in [-0.25, -0.2) is 0 Å². The molecule has 0 aromatic heterocycles. The normalized spacial score (nSPS) is 9.94. The minimum absolute atomic E-state index is 0.0505. The summed E-state index contributed by atoms with van der Waals surface area (Å²) in [5.41, 5.74) is 0.484. The number of aliphatic carboxylic acids is 1. The van der Waals surface area contributed by atoms with Crippen LogP contribution in [0.4, 0.5) is 5.69 Å². The maximum atomic E-state index is 10.8. The number of hydrogen-bond donors (Lipinski definition) is 1. The number of hydrogen-bond acceptors (Lipinski definition) is 4. The van der Waals surface area contributed by atoms with Crippen molar-refractivity contribution in [2.24, 2.45) is 0 Å². The lowest BCUT2D eigenvalue weighted by Crippen LogP contribution is -2.01. The zero-order valence-electron chi connectivity index (χ0n) is 9.38. The van der Waals surface area contributed by atoms with Crippen LogP contribution >= 0.6 is 0 Å². The molecule has 0 saturated heterocycles. The fourth-order valence-electron chi connectivity index (χ4n) is 1.39. The molecule has 6 heteroatoms. The first kappa shape index (κ1) is 13.0. The Kier molecular flexibility index (Phi) is 4.45. The monoisotopic (exact) mass is 239 g/mol. The molecule has 0 bridgehead atoms. The van der Waals surface area contributed by atoms with E-state index in [1.165, 1.54) is 12.1 Å². The molecule has 1 aromatic rings. The Hall–Kier alpha value is -2.11. The van der Waals surface area contributed by atoms with E-state index in [4.69, 9.17) is 9.84 Å². The second-order valence-corrected chi connectivity index (χ2v) is 3.39. The smallest absolute Gasteiger partial charge is 0.311 e. The van der Waals surface area contributed by atoms with Crippen LogP contribution in [0.2, 0.25) is 0 Å². The van der Waals surface area contributed by atoms with Gasteiger partial charge in [-0.1, -0.05) is 6.07 Å². The van der Waals surface area contributed by atoms with Crippen molar-refractivity contribution in [3.8, 4) is 5.75 Å². The zero-order valence-corrected chi connectivity index (χ0v) is 9.38. The van der Waals surface area contributed by atoms with E-state index in [0.29, 0.717) is 12.2 Å². The number of carbonyl (C=O) groups is 1. The highest BCUT2D eigenvalue weighted by Gasteiger charge is 2.15. The Morgan fingerprint density at radius 2 is 2.24 bits per heavy atom. The number of carboxylic acid groups (broad SMARTS) is 1. The van der Waals surface area contributed by atoms with Crippen molar-refractivity contribution < 1.29 is 19.6 Å². The van der Waals surface area contributed by atoms with Crippen LogP contribution in [0.5, 0.6) is 5.75 Å². The minimum Gasteiger partial charge on any atom is -0.487 e. The van der Waals surface area contributed by atoms with E-state index in [9.17, 15) is 14.9 Å². The molecule has 0 saturated carbocycles. The summed E-state index contributed by atoms with van der Waals surface area (Å²) in [5, 5.41) is 19.3. The third-order valence-electron chi connectivity index (χ3n) is 2.15. The number of carboxylic acids is 1. The van der Waals surface area contributed by atoms with Gasteiger partial charge in [-0.3, -0.25) is 14.9 Å². The Bertz CT molecular complexity index is 430. The number of nitro benzene ring substituents is 1. The summed E-state index contributed by atoms with van der Waals surface area (Å²) in [7, 11) is 0. The molecule has 1 rings (SSSR count). The van der Waals surface area contributed by atoms with Crippen LogP contribution in [0.25, 0.3) is 0 Å². The van der Waals surface area contributed by atoms with E-state index in [-0.39, 0.29) is 24.3 Å². The van der Waals surface area contributed by atoms with Gasteiger partial charge in [0.25, 0.3) is 0 Å². The number of aryl methyl sites for hydroxylation is 1. The molecule has 92 valence electrons. The van der Waals surface area contributed by atoms with Crippen LogP contribution in [0.15, 0.2) is 18.2 Å². The van der Waals surface area contributed by atoms with Crippen LogP contribution in [-0.2, 0) is 11.2 Å². The largest absolute Gasteiger partial charge is 0.487 e. The summed E-state index contributed by atoms with van der Waals surface area (Å²) in [5.74, 6) is -0.724. The Labute approximate surface area is 98.0 Å². The van der Waals surface area contributed by atoms with Gasteiger partial charge in [-0.05, 0) is 25.0 Å². The van der Waals surface area contributed by atoms with Gasteiger partial charge in [0.15, 0.2) is 5.75 Å². The average Bonchev–Trinajstić information content (AvgIpc) is 2.27. The maximum Gasteiger partial charge on any atom is 0.311 e. The zero-order chi connectivity index (χ0) is 12.8. The molecular weight excluding hydrogens is 226 g/mol. The van der Waals surface area contributed by atoms with E-state index in [1.807, 2.05) is 0 Å². The predicted octanol–water partition coefficient (Wildman–Crippen LogP) is 2.01.